The Hall–Kier alpha value is 0.860. The van der Waals surface area contributed by atoms with Crippen LogP contribution in [0.25, 0.3) is 0 Å². The minimum absolute atomic E-state index is 1.25. The Morgan fingerprint density at radius 2 is 1.86 bits per heavy atom. The molecule has 2 atom stereocenters. The zero-order valence-electron chi connectivity index (χ0n) is 5.12. The zero-order valence-corrected chi connectivity index (χ0v) is 7.12. The van der Waals surface area contributed by atoms with E-state index in [-0.39, 0.29) is 0 Å². The van der Waals surface area contributed by atoms with Crippen LogP contribution in [-0.4, -0.2) is 12.3 Å². The molecule has 0 aromatic rings. The van der Waals surface area contributed by atoms with Crippen molar-refractivity contribution in [3.05, 3.63) is 0 Å². The first-order chi connectivity index (χ1) is 3.41. The molecule has 0 aromatic carbocycles. The normalized spacial score (nSPS) is 12.9. The molecule has 0 aliphatic rings. The summed E-state index contributed by atoms with van der Waals surface area (Å²) in [7, 11) is 2.51. The molecule has 7 heavy (non-hydrogen) atoms. The summed E-state index contributed by atoms with van der Waals surface area (Å²) in [6.45, 7) is 4.52. The van der Waals surface area contributed by atoms with Gasteiger partial charge in [-0.1, -0.05) is 36.8 Å². The fraction of sp³-hybridized carbons (Fsp3) is 1.00. The van der Waals surface area contributed by atoms with E-state index in [1.54, 1.807) is 0 Å². The molecule has 0 spiro atoms. The van der Waals surface area contributed by atoms with Gasteiger partial charge in [0.25, 0.3) is 0 Å². The Balaban J connectivity index is 2.45. The first kappa shape index (κ1) is 7.86. The Kier molecular flexibility index (Phi) is 7.70. The van der Waals surface area contributed by atoms with Crippen LogP contribution in [0.1, 0.15) is 20.3 Å². The molecule has 0 rings (SSSR count). The van der Waals surface area contributed by atoms with Crippen LogP contribution < -0.4 is 0 Å². The molecule has 0 saturated heterocycles. The van der Waals surface area contributed by atoms with Crippen molar-refractivity contribution < 1.29 is 0 Å². The van der Waals surface area contributed by atoms with E-state index in [1.165, 1.54) is 35.3 Å². The average molecular weight is 136 g/mol. The molecule has 0 aromatic heterocycles. The van der Waals surface area contributed by atoms with Gasteiger partial charge in [-0.2, -0.15) is 0 Å². The zero-order chi connectivity index (χ0) is 5.54. The highest BCUT2D eigenvalue weighted by molar-refractivity contribution is 8.11. The van der Waals surface area contributed by atoms with Gasteiger partial charge in [0.2, 0.25) is 0 Å². The third-order valence-electron chi connectivity index (χ3n) is 0.677. The van der Waals surface area contributed by atoms with Gasteiger partial charge in [0.15, 0.2) is 0 Å². The Morgan fingerprint density at radius 1 is 1.14 bits per heavy atom. The average Bonchev–Trinajstić information content (AvgIpc) is 1.69. The molecule has 0 amide bonds. The van der Waals surface area contributed by atoms with Crippen LogP contribution in [0.3, 0.4) is 0 Å². The molecular formula is C5H14P2. The number of hydrogen-bond acceptors (Lipinski definition) is 0. The summed E-state index contributed by atoms with van der Waals surface area (Å²) in [5.41, 5.74) is 0. The summed E-state index contributed by atoms with van der Waals surface area (Å²) in [4.78, 5) is 0. The van der Waals surface area contributed by atoms with Gasteiger partial charge in [0.05, 0.1) is 0 Å². The second kappa shape index (κ2) is 6.86. The summed E-state index contributed by atoms with van der Waals surface area (Å²) < 4.78 is 0. The summed E-state index contributed by atoms with van der Waals surface area (Å²) in [5, 5.41) is 0. The smallest absolute Gasteiger partial charge is 0.0319 e. The van der Waals surface area contributed by atoms with Crippen molar-refractivity contribution >= 4 is 16.5 Å². The van der Waals surface area contributed by atoms with Gasteiger partial charge in [-0.25, -0.2) is 0 Å². The lowest BCUT2D eigenvalue weighted by Gasteiger charge is -1.92. The van der Waals surface area contributed by atoms with Gasteiger partial charge in [-0.15, -0.1) is 0 Å². The molecule has 2 unspecified atom stereocenters. The first-order valence-electron chi connectivity index (χ1n) is 2.87. The third-order valence-corrected chi connectivity index (χ3v) is 4.59. The molecule has 44 valence electrons. The first-order valence-corrected chi connectivity index (χ1v) is 6.29. The summed E-state index contributed by atoms with van der Waals surface area (Å²) >= 11 is 0. The van der Waals surface area contributed by atoms with Crippen LogP contribution in [0.4, 0.5) is 0 Å². The fourth-order valence-corrected chi connectivity index (χ4v) is 3.05. The summed E-state index contributed by atoms with van der Waals surface area (Å²) in [5.74, 6) is 0. The van der Waals surface area contributed by atoms with Crippen molar-refractivity contribution in [2.75, 3.05) is 12.3 Å². The lowest BCUT2D eigenvalue weighted by atomic mass is 10.6. The molecule has 0 N–H and O–H groups in total. The third kappa shape index (κ3) is 6.86. The maximum Gasteiger partial charge on any atom is -0.0319 e. The molecule has 0 bridgehead atoms. The minimum atomic E-state index is 1.25. The van der Waals surface area contributed by atoms with E-state index < -0.39 is 0 Å². The lowest BCUT2D eigenvalue weighted by molar-refractivity contribution is 1.11. The molecule has 0 aliphatic heterocycles. The topological polar surface area (TPSA) is 0 Å². The fourth-order valence-electron chi connectivity index (χ4n) is 0.338. The number of hydrogen-bond donors (Lipinski definition) is 0. The van der Waals surface area contributed by atoms with Gasteiger partial charge in [0.1, 0.15) is 0 Å². The van der Waals surface area contributed by atoms with Gasteiger partial charge < -0.3 is 0 Å². The highest BCUT2D eigenvalue weighted by Crippen LogP contribution is 2.35. The molecule has 0 aliphatic carbocycles. The Morgan fingerprint density at radius 3 is 2.29 bits per heavy atom. The van der Waals surface area contributed by atoms with E-state index in [9.17, 15) is 0 Å². The predicted octanol–water partition coefficient (Wildman–Crippen LogP) is 2.69. The van der Waals surface area contributed by atoms with E-state index in [4.69, 9.17) is 0 Å². The Labute approximate surface area is 49.9 Å². The Bertz CT molecular complexity index is 25.3. The maximum absolute atomic E-state index is 2.26. The van der Waals surface area contributed by atoms with Crippen molar-refractivity contribution in [2.24, 2.45) is 0 Å². The summed E-state index contributed by atoms with van der Waals surface area (Å²) in [6.07, 6.45) is 4.25. The van der Waals surface area contributed by atoms with Gasteiger partial charge in [-0.05, 0) is 12.3 Å². The minimum Gasteiger partial charge on any atom is -0.0995 e. The molecule has 0 fully saturated rings. The monoisotopic (exact) mass is 136 g/mol. The molecule has 0 radical (unpaired) electrons. The van der Waals surface area contributed by atoms with Crippen molar-refractivity contribution in [2.45, 2.75) is 20.3 Å². The van der Waals surface area contributed by atoms with Gasteiger partial charge >= 0.3 is 0 Å². The quantitative estimate of drug-likeness (QED) is 0.411. The van der Waals surface area contributed by atoms with Crippen LogP contribution in [0.5, 0.6) is 0 Å². The van der Waals surface area contributed by atoms with Crippen molar-refractivity contribution in [3.8, 4) is 0 Å². The lowest BCUT2D eigenvalue weighted by Crippen LogP contribution is -1.62. The second-order valence-corrected chi connectivity index (χ2v) is 5.49. The van der Waals surface area contributed by atoms with Crippen LogP contribution in [-0.2, 0) is 0 Å². The predicted molar refractivity (Wildman–Crippen MR) is 42.3 cm³/mol. The van der Waals surface area contributed by atoms with E-state index in [2.05, 4.69) is 13.8 Å². The van der Waals surface area contributed by atoms with Crippen LogP contribution in [0.15, 0.2) is 0 Å². The van der Waals surface area contributed by atoms with Gasteiger partial charge in [-0.3, -0.25) is 0 Å². The van der Waals surface area contributed by atoms with Crippen LogP contribution >= 0.6 is 16.5 Å². The van der Waals surface area contributed by atoms with Gasteiger partial charge in [0, 0.05) is 0 Å². The van der Waals surface area contributed by atoms with Crippen molar-refractivity contribution in [3.63, 3.8) is 0 Å². The largest absolute Gasteiger partial charge is 0.0995 e. The van der Waals surface area contributed by atoms with Crippen molar-refractivity contribution in [1.82, 2.24) is 0 Å². The van der Waals surface area contributed by atoms with Crippen molar-refractivity contribution in [1.29, 1.82) is 0 Å². The molecule has 0 saturated carbocycles. The van der Waals surface area contributed by atoms with Crippen LogP contribution in [0.2, 0.25) is 0 Å². The number of rotatable bonds is 4. The van der Waals surface area contributed by atoms with E-state index in [0.717, 1.165) is 0 Å². The molecule has 0 heterocycles. The SMILES string of the molecule is CCCPPCC. The molecule has 2 heteroatoms. The second-order valence-electron chi connectivity index (χ2n) is 1.46. The standard InChI is InChI=1S/C5H14P2/c1-3-5-7-6-4-2/h6-7H,3-5H2,1-2H3. The van der Waals surface area contributed by atoms with E-state index in [0.29, 0.717) is 0 Å². The van der Waals surface area contributed by atoms with E-state index >= 15 is 0 Å². The maximum atomic E-state index is 2.26. The summed E-state index contributed by atoms with van der Waals surface area (Å²) in [6, 6.07) is 0. The molecular weight excluding hydrogens is 122 g/mol. The highest BCUT2D eigenvalue weighted by atomic mass is 32.0. The highest BCUT2D eigenvalue weighted by Gasteiger charge is 1.78. The van der Waals surface area contributed by atoms with Crippen LogP contribution in [0, 0.1) is 0 Å². The van der Waals surface area contributed by atoms with E-state index in [1.807, 2.05) is 0 Å². The molecule has 0 nitrogen and oxygen atoms in total.